The van der Waals surface area contributed by atoms with Crippen molar-refractivity contribution < 1.29 is 19.5 Å². The third kappa shape index (κ3) is 3.65. The van der Waals surface area contributed by atoms with Gasteiger partial charge in [-0.15, -0.1) is 0 Å². The number of anilines is 2. The number of imide groups is 1. The van der Waals surface area contributed by atoms with E-state index in [9.17, 15) is 19.5 Å². The van der Waals surface area contributed by atoms with E-state index < -0.39 is 11.8 Å². The van der Waals surface area contributed by atoms with Crippen LogP contribution in [0.2, 0.25) is 0 Å². The van der Waals surface area contributed by atoms with Crippen LogP contribution in [-0.2, 0) is 14.4 Å². The summed E-state index contributed by atoms with van der Waals surface area (Å²) in [6.07, 6.45) is 0. The molecule has 2 N–H and O–H groups in total. The number of nitrogens with zero attached hydrogens (tertiary/aromatic N) is 2. The van der Waals surface area contributed by atoms with E-state index in [1.165, 1.54) is 6.92 Å². The second-order valence-electron chi connectivity index (χ2n) is 6.41. The van der Waals surface area contributed by atoms with Crippen LogP contribution in [0.25, 0.3) is 5.57 Å². The first kappa shape index (κ1) is 19.3. The molecular formula is C21H21N3O4. The van der Waals surface area contributed by atoms with E-state index in [0.29, 0.717) is 16.9 Å². The van der Waals surface area contributed by atoms with Crippen molar-refractivity contribution in [1.29, 1.82) is 0 Å². The zero-order valence-corrected chi connectivity index (χ0v) is 15.7. The standard InChI is InChI=1S/C21H21N3O4/c1-14(26)22-16-10-8-15(9-11-16)18-19(23(2)12-13-25)21(28)24(20(18)27)17-6-4-3-5-7-17/h3-11,25H,12-13H2,1-2H3,(H,22,26). The van der Waals surface area contributed by atoms with Crippen LogP contribution in [0.3, 0.4) is 0 Å². The van der Waals surface area contributed by atoms with E-state index in [0.717, 1.165) is 4.90 Å². The quantitative estimate of drug-likeness (QED) is 0.748. The number of benzene rings is 2. The fourth-order valence-electron chi connectivity index (χ4n) is 3.13. The SMILES string of the molecule is CC(=O)Nc1ccc(C2=C(N(C)CCO)C(=O)N(c3ccccc3)C2=O)cc1. The number of aliphatic hydroxyl groups is 1. The molecule has 3 amide bonds. The fourth-order valence-corrected chi connectivity index (χ4v) is 3.13. The van der Waals surface area contributed by atoms with Crippen molar-refractivity contribution in [2.75, 3.05) is 30.4 Å². The maximum absolute atomic E-state index is 13.2. The molecule has 0 aliphatic carbocycles. The van der Waals surface area contributed by atoms with Gasteiger partial charge in [0.15, 0.2) is 0 Å². The van der Waals surface area contributed by atoms with Crippen molar-refractivity contribution in [3.05, 3.63) is 65.9 Å². The lowest BCUT2D eigenvalue weighted by Crippen LogP contribution is -2.34. The molecule has 0 atom stereocenters. The van der Waals surface area contributed by atoms with Crippen LogP contribution >= 0.6 is 0 Å². The van der Waals surface area contributed by atoms with Gasteiger partial charge in [0.2, 0.25) is 5.91 Å². The second-order valence-corrected chi connectivity index (χ2v) is 6.41. The largest absolute Gasteiger partial charge is 0.395 e. The van der Waals surface area contributed by atoms with Gasteiger partial charge in [-0.2, -0.15) is 0 Å². The van der Waals surface area contributed by atoms with Gasteiger partial charge in [-0.25, -0.2) is 4.90 Å². The lowest BCUT2D eigenvalue weighted by atomic mass is 10.0. The maximum Gasteiger partial charge on any atom is 0.282 e. The van der Waals surface area contributed by atoms with Gasteiger partial charge >= 0.3 is 0 Å². The maximum atomic E-state index is 13.2. The Bertz CT molecular complexity index is 936. The number of carbonyl (C=O) groups is 3. The van der Waals surface area contributed by atoms with E-state index in [1.54, 1.807) is 60.5 Å². The number of hydrogen-bond acceptors (Lipinski definition) is 5. The van der Waals surface area contributed by atoms with Crippen LogP contribution in [0.15, 0.2) is 60.3 Å². The predicted octanol–water partition coefficient (Wildman–Crippen LogP) is 1.85. The van der Waals surface area contributed by atoms with Gasteiger partial charge < -0.3 is 15.3 Å². The van der Waals surface area contributed by atoms with Crippen molar-refractivity contribution in [2.24, 2.45) is 0 Å². The minimum Gasteiger partial charge on any atom is -0.395 e. The summed E-state index contributed by atoms with van der Waals surface area (Å²) in [6.45, 7) is 1.47. The molecule has 0 spiro atoms. The Balaban J connectivity index is 2.06. The first-order valence-corrected chi connectivity index (χ1v) is 8.82. The smallest absolute Gasteiger partial charge is 0.282 e. The Hall–Kier alpha value is -3.45. The molecule has 0 saturated carbocycles. The molecule has 0 saturated heterocycles. The zero-order chi connectivity index (χ0) is 20.3. The minimum atomic E-state index is -0.437. The van der Waals surface area contributed by atoms with Gasteiger partial charge in [-0.05, 0) is 29.8 Å². The molecule has 28 heavy (non-hydrogen) atoms. The van der Waals surface area contributed by atoms with E-state index in [2.05, 4.69) is 5.32 Å². The zero-order valence-electron chi connectivity index (χ0n) is 15.7. The highest BCUT2D eigenvalue weighted by Crippen LogP contribution is 2.34. The molecule has 1 aliphatic rings. The Labute approximate surface area is 162 Å². The van der Waals surface area contributed by atoms with Crippen LogP contribution in [-0.4, -0.2) is 47.9 Å². The molecule has 3 rings (SSSR count). The van der Waals surface area contributed by atoms with Gasteiger partial charge in [-0.3, -0.25) is 14.4 Å². The summed E-state index contributed by atoms with van der Waals surface area (Å²) < 4.78 is 0. The second kappa shape index (κ2) is 8.06. The summed E-state index contributed by atoms with van der Waals surface area (Å²) in [6, 6.07) is 15.4. The highest BCUT2D eigenvalue weighted by Gasteiger charge is 2.41. The molecule has 0 aromatic heterocycles. The van der Waals surface area contributed by atoms with Gasteiger partial charge in [0.1, 0.15) is 5.70 Å². The molecule has 0 bridgehead atoms. The molecule has 7 heteroatoms. The Kier molecular flexibility index (Phi) is 5.56. The molecule has 2 aromatic carbocycles. The topological polar surface area (TPSA) is 90.0 Å². The average molecular weight is 379 g/mol. The molecule has 1 heterocycles. The van der Waals surface area contributed by atoms with Crippen molar-refractivity contribution in [3.8, 4) is 0 Å². The monoisotopic (exact) mass is 379 g/mol. The fraction of sp³-hybridized carbons (Fsp3) is 0.190. The third-order valence-electron chi connectivity index (χ3n) is 4.38. The summed E-state index contributed by atoms with van der Waals surface area (Å²) in [5.74, 6) is -1.06. The molecule has 1 aliphatic heterocycles. The number of para-hydroxylation sites is 1. The van der Waals surface area contributed by atoms with Gasteiger partial charge in [0.25, 0.3) is 11.8 Å². The molecule has 0 fully saturated rings. The molecule has 0 radical (unpaired) electrons. The van der Waals surface area contributed by atoms with Crippen molar-refractivity contribution in [1.82, 2.24) is 4.90 Å². The number of amides is 3. The highest BCUT2D eigenvalue weighted by molar-refractivity contribution is 6.45. The van der Waals surface area contributed by atoms with Crippen LogP contribution in [0.1, 0.15) is 12.5 Å². The number of hydrogen-bond donors (Lipinski definition) is 2. The summed E-state index contributed by atoms with van der Waals surface area (Å²) in [5, 5.41) is 12.0. The van der Waals surface area contributed by atoms with Gasteiger partial charge in [0, 0.05) is 26.2 Å². The summed E-state index contributed by atoms with van der Waals surface area (Å²) in [5.41, 5.74) is 2.14. The molecule has 7 nitrogen and oxygen atoms in total. The average Bonchev–Trinajstić information content (AvgIpc) is 2.93. The van der Waals surface area contributed by atoms with E-state index >= 15 is 0 Å². The number of nitrogens with one attached hydrogen (secondary N) is 1. The first-order chi connectivity index (χ1) is 13.4. The molecule has 0 unspecified atom stereocenters. The number of carbonyl (C=O) groups excluding carboxylic acids is 3. The lowest BCUT2D eigenvalue weighted by Gasteiger charge is -2.20. The van der Waals surface area contributed by atoms with E-state index in [4.69, 9.17) is 0 Å². The Morgan fingerprint density at radius 3 is 2.25 bits per heavy atom. The van der Waals surface area contributed by atoms with Gasteiger partial charge in [-0.1, -0.05) is 30.3 Å². The number of likely N-dealkylation sites (N-methyl/N-ethyl adjacent to an activating group) is 1. The van der Waals surface area contributed by atoms with Crippen molar-refractivity contribution in [3.63, 3.8) is 0 Å². The highest BCUT2D eigenvalue weighted by atomic mass is 16.3. The summed E-state index contributed by atoms with van der Waals surface area (Å²) in [7, 11) is 1.66. The van der Waals surface area contributed by atoms with Gasteiger partial charge in [0.05, 0.1) is 17.9 Å². The van der Waals surface area contributed by atoms with Crippen LogP contribution in [0.4, 0.5) is 11.4 Å². The third-order valence-corrected chi connectivity index (χ3v) is 4.38. The molecule has 2 aromatic rings. The lowest BCUT2D eigenvalue weighted by molar-refractivity contribution is -0.120. The number of rotatable bonds is 6. The van der Waals surface area contributed by atoms with Crippen LogP contribution in [0, 0.1) is 0 Å². The van der Waals surface area contributed by atoms with Crippen LogP contribution in [0.5, 0.6) is 0 Å². The normalized spacial score (nSPS) is 13.9. The van der Waals surface area contributed by atoms with Crippen LogP contribution < -0.4 is 10.2 Å². The van der Waals surface area contributed by atoms with Crippen molar-refractivity contribution >= 4 is 34.7 Å². The first-order valence-electron chi connectivity index (χ1n) is 8.82. The number of aliphatic hydroxyl groups excluding tert-OH is 1. The van der Waals surface area contributed by atoms with E-state index in [-0.39, 0.29) is 30.3 Å². The predicted molar refractivity (Wildman–Crippen MR) is 106 cm³/mol. The summed E-state index contributed by atoms with van der Waals surface area (Å²) >= 11 is 0. The summed E-state index contributed by atoms with van der Waals surface area (Å²) in [4.78, 5) is 40.2. The molecule has 144 valence electrons. The van der Waals surface area contributed by atoms with Crippen molar-refractivity contribution in [2.45, 2.75) is 6.92 Å². The Morgan fingerprint density at radius 1 is 1.04 bits per heavy atom. The van der Waals surface area contributed by atoms with E-state index in [1.807, 2.05) is 6.07 Å². The Morgan fingerprint density at radius 2 is 1.68 bits per heavy atom. The molecular weight excluding hydrogens is 358 g/mol. The minimum absolute atomic E-state index is 0.151.